The third-order valence-electron chi connectivity index (χ3n) is 11.9. The highest BCUT2D eigenvalue weighted by molar-refractivity contribution is 8.00. The molecular formula is C49H58N14O9S. The first-order valence-electron chi connectivity index (χ1n) is 23.8. The van der Waals surface area contributed by atoms with E-state index in [4.69, 9.17) is 20.9 Å². The van der Waals surface area contributed by atoms with Gasteiger partial charge < -0.3 is 35.0 Å². The number of imidazole rings is 2. The number of anilines is 2. The molecule has 0 radical (unpaired) electrons. The minimum absolute atomic E-state index is 0.00348. The Bertz CT molecular complexity index is 3090. The quantitative estimate of drug-likeness (QED) is 0.0352. The maximum atomic E-state index is 13.7. The third kappa shape index (κ3) is 12.3. The molecule has 0 saturated carbocycles. The molecule has 7 rings (SSSR count). The average molecular weight is 1020 g/mol. The van der Waals surface area contributed by atoms with Crippen LogP contribution < -0.4 is 31.6 Å². The van der Waals surface area contributed by atoms with Gasteiger partial charge in [-0.25, -0.2) is 19.9 Å². The van der Waals surface area contributed by atoms with Gasteiger partial charge in [0.2, 0.25) is 47.3 Å². The zero-order valence-corrected chi connectivity index (χ0v) is 42.1. The molecule has 7 amide bonds. The fraction of sp³-hybridized carbons (Fsp3) is 0.388. The molecule has 0 bridgehead atoms. The van der Waals surface area contributed by atoms with E-state index in [1.807, 2.05) is 6.92 Å². The van der Waals surface area contributed by atoms with E-state index in [2.05, 4.69) is 42.6 Å². The molecule has 2 aromatic carbocycles. The first kappa shape index (κ1) is 52.7. The van der Waals surface area contributed by atoms with Crippen molar-refractivity contribution in [1.29, 1.82) is 0 Å². The van der Waals surface area contributed by atoms with Crippen LogP contribution in [0.4, 0.5) is 11.9 Å². The highest BCUT2D eigenvalue weighted by Gasteiger charge is 2.38. The van der Waals surface area contributed by atoms with Crippen LogP contribution in [0.2, 0.25) is 0 Å². The number of ether oxygens (including phenoxy) is 2. The molecule has 6 N–H and O–H groups in total. The Morgan fingerprint density at radius 1 is 0.849 bits per heavy atom. The van der Waals surface area contributed by atoms with Gasteiger partial charge in [-0.1, -0.05) is 31.9 Å². The standard InChI is InChI=1S/C49H58N14O9S/c1-6-8-11-22-73-37-28-39(65)60(47(37)70)20-14-38(64)59(4)17-13-21-72-36-27-31(43(51)67)25-33-41(36)62(49(55-33)57-46(69)44-52-15-12-16-53-44)19-10-9-18-61-40-32(24-30(42(50)66)26-35(40)71-5)54-48(61)56-45(68)34-23-29(3)58-63(34)7-2/h9-10,12,15-16,23-27,37H,6-8,11,13-14,17-22,28H2,1-5H3,(H2,50,66)(H2,51,67)(H,54,56,68)(H,55,57,69)/b10-9+. The Hall–Kier alpha value is -8.15. The number of hydrogen-bond acceptors (Lipinski definition) is 15. The molecule has 24 heteroatoms. The van der Waals surface area contributed by atoms with E-state index in [9.17, 15) is 33.6 Å². The first-order valence-corrected chi connectivity index (χ1v) is 24.8. The van der Waals surface area contributed by atoms with E-state index in [1.165, 1.54) is 65.3 Å². The van der Waals surface area contributed by atoms with Crippen LogP contribution >= 0.6 is 11.8 Å². The van der Waals surface area contributed by atoms with Crippen LogP contribution in [-0.2, 0) is 34.0 Å². The number of likely N-dealkylation sites (tertiary alicyclic amines) is 1. The van der Waals surface area contributed by atoms with Crippen molar-refractivity contribution in [3.63, 3.8) is 0 Å². The van der Waals surface area contributed by atoms with Gasteiger partial charge in [-0.2, -0.15) is 5.10 Å². The van der Waals surface area contributed by atoms with Crippen LogP contribution in [0, 0.1) is 6.92 Å². The molecule has 23 nitrogen and oxygen atoms in total. The summed E-state index contributed by atoms with van der Waals surface area (Å²) in [7, 11) is 3.06. The van der Waals surface area contributed by atoms with Crippen molar-refractivity contribution < 1.29 is 43.0 Å². The number of benzene rings is 2. The summed E-state index contributed by atoms with van der Waals surface area (Å²) in [6.07, 6.45) is 9.94. The first-order chi connectivity index (χ1) is 35.1. The maximum absolute atomic E-state index is 13.7. The van der Waals surface area contributed by atoms with Gasteiger partial charge in [0.1, 0.15) is 28.2 Å². The predicted octanol–water partition coefficient (Wildman–Crippen LogP) is 4.34. The molecule has 1 saturated heterocycles. The highest BCUT2D eigenvalue weighted by Crippen LogP contribution is 2.33. The summed E-state index contributed by atoms with van der Waals surface area (Å²) >= 11 is 1.50. The molecule has 1 aliphatic heterocycles. The Balaban J connectivity index is 1.12. The summed E-state index contributed by atoms with van der Waals surface area (Å²) in [4.78, 5) is 111. The lowest BCUT2D eigenvalue weighted by Crippen LogP contribution is -2.36. The summed E-state index contributed by atoms with van der Waals surface area (Å²) in [5.74, 6) is -2.04. The number of fused-ring (bicyclic) bond motifs is 2. The number of nitrogens with zero attached hydrogens (tertiary/aromatic N) is 10. The number of aromatic nitrogens is 8. The van der Waals surface area contributed by atoms with E-state index in [0.29, 0.717) is 40.9 Å². The van der Waals surface area contributed by atoms with Crippen LogP contribution in [0.3, 0.4) is 0 Å². The lowest BCUT2D eigenvalue weighted by Gasteiger charge is -2.20. The number of carbonyl (C=O) groups excluding carboxylic acids is 7. The summed E-state index contributed by atoms with van der Waals surface area (Å²) in [6.45, 7) is 6.67. The van der Waals surface area contributed by atoms with Crippen molar-refractivity contribution in [2.45, 2.75) is 84.2 Å². The molecule has 5 heterocycles. The molecule has 1 fully saturated rings. The van der Waals surface area contributed by atoms with Gasteiger partial charge in [-0.05, 0) is 68.8 Å². The number of methoxy groups -OCH3 is 1. The minimum Gasteiger partial charge on any atom is -0.494 e. The van der Waals surface area contributed by atoms with Crippen molar-refractivity contribution in [3.8, 4) is 11.5 Å². The van der Waals surface area contributed by atoms with E-state index >= 15 is 0 Å². The fourth-order valence-electron chi connectivity index (χ4n) is 8.23. The smallest absolute Gasteiger partial charge is 0.295 e. The Morgan fingerprint density at radius 2 is 1.47 bits per heavy atom. The molecule has 1 unspecified atom stereocenters. The average Bonchev–Trinajstić information content (AvgIpc) is 4.12. The van der Waals surface area contributed by atoms with Gasteiger partial charge in [0.25, 0.3) is 11.8 Å². The van der Waals surface area contributed by atoms with Crippen molar-refractivity contribution in [2.75, 3.05) is 50.2 Å². The Kier molecular flexibility index (Phi) is 17.2. The van der Waals surface area contributed by atoms with E-state index in [-0.39, 0.29) is 109 Å². The summed E-state index contributed by atoms with van der Waals surface area (Å²) in [6, 6.07) is 9.16. The number of carbonyl (C=O) groups is 7. The molecule has 73 heavy (non-hydrogen) atoms. The SMILES string of the molecule is CCCCCSC1CC(=O)N(CCC(=O)N(C)CCCOc2cc(C(N)=O)cc3nc(NC(=O)c4ncccn4)n(C/C=C/Cn4c(NC(=O)c5cc(C)nn5CC)nc5cc(C(N)=O)cc(OC)c54)c23)C1=O. The van der Waals surface area contributed by atoms with Crippen LogP contribution in [0.25, 0.3) is 22.1 Å². The van der Waals surface area contributed by atoms with E-state index in [0.717, 1.165) is 25.0 Å². The normalized spacial score (nSPS) is 13.6. The topological polar surface area (TPSA) is 300 Å². The van der Waals surface area contributed by atoms with Crippen molar-refractivity contribution in [1.82, 2.24) is 48.7 Å². The lowest BCUT2D eigenvalue weighted by molar-refractivity contribution is -0.139. The number of hydrogen-bond donors (Lipinski definition) is 4. The molecule has 4 aromatic heterocycles. The predicted molar refractivity (Wildman–Crippen MR) is 272 cm³/mol. The van der Waals surface area contributed by atoms with Gasteiger partial charge in [0.15, 0.2) is 0 Å². The number of primary amides is 2. The van der Waals surface area contributed by atoms with Crippen molar-refractivity contribution in [2.24, 2.45) is 11.5 Å². The second kappa shape index (κ2) is 23.8. The van der Waals surface area contributed by atoms with Gasteiger partial charge in [-0.3, -0.25) is 53.8 Å². The zero-order valence-electron chi connectivity index (χ0n) is 41.3. The number of imide groups is 1. The molecule has 6 aromatic rings. The number of allylic oxidation sites excluding steroid dienone is 2. The van der Waals surface area contributed by atoms with E-state index in [1.54, 1.807) is 52.1 Å². The third-order valence-corrected chi connectivity index (χ3v) is 13.2. The Labute approximate surface area is 424 Å². The summed E-state index contributed by atoms with van der Waals surface area (Å²) in [5.41, 5.74) is 14.0. The Morgan fingerprint density at radius 3 is 2.07 bits per heavy atom. The second-order valence-electron chi connectivity index (χ2n) is 17.1. The van der Waals surface area contributed by atoms with Crippen molar-refractivity contribution >= 4 is 87.1 Å². The van der Waals surface area contributed by atoms with Gasteiger partial charge in [0, 0.05) is 76.1 Å². The molecule has 0 aliphatic carbocycles. The van der Waals surface area contributed by atoms with Gasteiger partial charge >= 0.3 is 0 Å². The summed E-state index contributed by atoms with van der Waals surface area (Å²) in [5, 5.41) is 9.64. The molecule has 0 spiro atoms. The number of nitrogens with two attached hydrogens (primary N) is 2. The van der Waals surface area contributed by atoms with Crippen LogP contribution in [-0.4, -0.2) is 135 Å². The fourth-order valence-corrected chi connectivity index (χ4v) is 9.41. The highest BCUT2D eigenvalue weighted by atomic mass is 32.2. The molecule has 1 atom stereocenters. The maximum Gasteiger partial charge on any atom is 0.295 e. The summed E-state index contributed by atoms with van der Waals surface area (Å²) < 4.78 is 16.9. The van der Waals surface area contributed by atoms with Crippen LogP contribution in [0.5, 0.6) is 11.5 Å². The van der Waals surface area contributed by atoms with E-state index < -0.39 is 28.9 Å². The zero-order chi connectivity index (χ0) is 52.3. The van der Waals surface area contributed by atoms with Gasteiger partial charge in [0.05, 0.1) is 35.7 Å². The lowest BCUT2D eigenvalue weighted by atomic mass is 10.1. The number of rotatable bonds is 25. The van der Waals surface area contributed by atoms with Crippen LogP contribution in [0.1, 0.15) is 99.9 Å². The number of amides is 7. The number of nitrogens with one attached hydrogen (secondary N) is 2. The largest absolute Gasteiger partial charge is 0.494 e. The number of aryl methyl sites for hydroxylation is 2. The monoisotopic (exact) mass is 1020 g/mol. The van der Waals surface area contributed by atoms with Crippen LogP contribution in [0.15, 0.2) is 60.9 Å². The minimum atomic E-state index is -0.755. The number of thioether (sulfide) groups is 1. The van der Waals surface area contributed by atoms with Crippen molar-refractivity contribution in [3.05, 3.63) is 89.3 Å². The number of unbranched alkanes of at least 4 members (excludes halogenated alkanes) is 2. The molecule has 1 aliphatic rings. The van der Waals surface area contributed by atoms with Gasteiger partial charge in [-0.15, -0.1) is 11.8 Å². The molecule has 384 valence electrons. The molecular weight excluding hydrogens is 961 g/mol. The second-order valence-corrected chi connectivity index (χ2v) is 18.4.